The van der Waals surface area contributed by atoms with Gasteiger partial charge in [-0.1, -0.05) is 0 Å². The van der Waals surface area contributed by atoms with Crippen molar-refractivity contribution < 1.29 is 14.6 Å². The fourth-order valence-corrected chi connectivity index (χ4v) is 3.20. The van der Waals surface area contributed by atoms with Crippen molar-refractivity contribution in [1.82, 2.24) is 0 Å². The van der Waals surface area contributed by atoms with E-state index in [1.807, 2.05) is 0 Å². The zero-order valence-electron chi connectivity index (χ0n) is 9.19. The molecule has 0 amide bonds. The third kappa shape index (κ3) is 1.24. The Morgan fingerprint density at radius 1 is 1.31 bits per heavy atom. The van der Waals surface area contributed by atoms with Crippen LogP contribution in [0.1, 0.15) is 49.1 Å². The van der Waals surface area contributed by atoms with Gasteiger partial charge < -0.3 is 9.84 Å². The second kappa shape index (κ2) is 3.24. The number of carbonyl (C=O) groups is 1. The van der Waals surface area contributed by atoms with E-state index in [1.165, 1.54) is 6.92 Å². The van der Waals surface area contributed by atoms with Gasteiger partial charge in [-0.2, -0.15) is 0 Å². The number of aromatic hydroxyl groups is 1. The average molecular weight is 218 g/mol. The minimum absolute atomic E-state index is 0.296. The number of benzene rings is 1. The highest BCUT2D eigenvalue weighted by Crippen LogP contribution is 2.58. The van der Waals surface area contributed by atoms with Crippen LogP contribution in [0.5, 0.6) is 11.5 Å². The molecule has 2 aliphatic carbocycles. The van der Waals surface area contributed by atoms with E-state index in [0.717, 1.165) is 30.4 Å². The fraction of sp³-hybridized carbons (Fsp3) is 0.462. The third-order valence-electron chi connectivity index (χ3n) is 3.73. The standard InChI is InChI=1S/C13H14O3/c1-7(14)16-11-5-4-10(15)12-8-2-3-9(6-8)13(11)12/h4-5,8-9,15H,2-3,6H2,1H3/t8-,9+/m0/s1. The van der Waals surface area contributed by atoms with E-state index >= 15 is 0 Å². The van der Waals surface area contributed by atoms with Crippen molar-refractivity contribution in [1.29, 1.82) is 0 Å². The van der Waals surface area contributed by atoms with Crippen LogP contribution < -0.4 is 4.74 Å². The van der Waals surface area contributed by atoms with E-state index in [0.29, 0.717) is 23.3 Å². The van der Waals surface area contributed by atoms with Crippen LogP contribution in [-0.4, -0.2) is 11.1 Å². The summed E-state index contributed by atoms with van der Waals surface area (Å²) in [5, 5.41) is 9.87. The van der Waals surface area contributed by atoms with Crippen LogP contribution in [0, 0.1) is 0 Å². The van der Waals surface area contributed by atoms with Crippen molar-refractivity contribution in [2.45, 2.75) is 38.0 Å². The van der Waals surface area contributed by atoms with E-state index in [2.05, 4.69) is 0 Å². The lowest BCUT2D eigenvalue weighted by molar-refractivity contribution is -0.131. The molecule has 3 heteroatoms. The summed E-state index contributed by atoms with van der Waals surface area (Å²) in [6, 6.07) is 3.34. The maximum absolute atomic E-state index is 11.0. The molecule has 84 valence electrons. The Morgan fingerprint density at radius 2 is 2.00 bits per heavy atom. The summed E-state index contributed by atoms with van der Waals surface area (Å²) in [6.07, 6.45) is 3.39. The Morgan fingerprint density at radius 3 is 2.69 bits per heavy atom. The van der Waals surface area contributed by atoms with E-state index in [9.17, 15) is 9.90 Å². The second-order valence-corrected chi connectivity index (χ2v) is 4.71. The maximum atomic E-state index is 11.0. The molecule has 0 unspecified atom stereocenters. The molecule has 2 atom stereocenters. The van der Waals surface area contributed by atoms with Gasteiger partial charge in [0.15, 0.2) is 0 Å². The molecule has 3 nitrogen and oxygen atoms in total. The molecule has 1 fully saturated rings. The Bertz CT molecular complexity index is 464. The van der Waals surface area contributed by atoms with Crippen LogP contribution in [0.15, 0.2) is 12.1 Å². The highest BCUT2D eigenvalue weighted by molar-refractivity contribution is 5.71. The third-order valence-corrected chi connectivity index (χ3v) is 3.73. The molecule has 0 aliphatic heterocycles. The van der Waals surface area contributed by atoms with Crippen LogP contribution in [0.25, 0.3) is 0 Å². The summed E-state index contributed by atoms with van der Waals surface area (Å²) >= 11 is 0. The number of phenolic OH excluding ortho intramolecular Hbond substituents is 1. The first-order valence-corrected chi connectivity index (χ1v) is 5.71. The first-order valence-electron chi connectivity index (χ1n) is 5.71. The molecule has 2 bridgehead atoms. The Kier molecular flexibility index (Phi) is 1.96. The fourth-order valence-electron chi connectivity index (χ4n) is 3.20. The van der Waals surface area contributed by atoms with Gasteiger partial charge in [0, 0.05) is 18.1 Å². The summed E-state index contributed by atoms with van der Waals surface area (Å²) in [5.74, 6) is 1.65. The Hall–Kier alpha value is -1.51. The molecule has 1 aromatic rings. The molecule has 0 aromatic heterocycles. The first kappa shape index (κ1) is 9.70. The minimum atomic E-state index is -0.296. The van der Waals surface area contributed by atoms with E-state index in [4.69, 9.17) is 4.74 Å². The Labute approximate surface area is 94.0 Å². The molecule has 1 saturated carbocycles. The zero-order valence-corrected chi connectivity index (χ0v) is 9.19. The number of ether oxygens (including phenoxy) is 1. The van der Waals surface area contributed by atoms with Gasteiger partial charge in [0.05, 0.1) is 0 Å². The number of hydrogen-bond donors (Lipinski definition) is 1. The quantitative estimate of drug-likeness (QED) is 0.582. The lowest BCUT2D eigenvalue weighted by Gasteiger charge is -2.19. The normalized spacial score (nSPS) is 25.6. The van der Waals surface area contributed by atoms with Gasteiger partial charge in [-0.25, -0.2) is 0 Å². The smallest absolute Gasteiger partial charge is 0.308 e. The van der Waals surface area contributed by atoms with Crippen molar-refractivity contribution in [2.75, 3.05) is 0 Å². The molecule has 16 heavy (non-hydrogen) atoms. The number of rotatable bonds is 1. The summed E-state index contributed by atoms with van der Waals surface area (Å²) in [7, 11) is 0. The number of fused-ring (bicyclic) bond motifs is 5. The summed E-state index contributed by atoms with van der Waals surface area (Å²) in [5.41, 5.74) is 2.10. The topological polar surface area (TPSA) is 46.5 Å². The molecule has 2 aliphatic rings. The number of hydrogen-bond acceptors (Lipinski definition) is 3. The summed E-state index contributed by atoms with van der Waals surface area (Å²) < 4.78 is 5.21. The van der Waals surface area contributed by atoms with Crippen LogP contribution >= 0.6 is 0 Å². The summed E-state index contributed by atoms with van der Waals surface area (Å²) in [4.78, 5) is 11.0. The van der Waals surface area contributed by atoms with Gasteiger partial charge in [-0.3, -0.25) is 4.79 Å². The largest absolute Gasteiger partial charge is 0.508 e. The predicted molar refractivity (Wildman–Crippen MR) is 58.7 cm³/mol. The predicted octanol–water partition coefficient (Wildman–Crippen LogP) is 2.68. The average Bonchev–Trinajstić information content (AvgIpc) is 2.82. The molecular weight excluding hydrogens is 204 g/mol. The van der Waals surface area contributed by atoms with Crippen molar-refractivity contribution in [3.63, 3.8) is 0 Å². The van der Waals surface area contributed by atoms with E-state index in [-0.39, 0.29) is 5.97 Å². The Balaban J connectivity index is 2.13. The summed E-state index contributed by atoms with van der Waals surface area (Å²) in [6.45, 7) is 1.41. The molecule has 1 aromatic carbocycles. The van der Waals surface area contributed by atoms with Crippen molar-refractivity contribution in [2.24, 2.45) is 0 Å². The lowest BCUT2D eigenvalue weighted by Crippen LogP contribution is -2.07. The van der Waals surface area contributed by atoms with Crippen LogP contribution in [-0.2, 0) is 4.79 Å². The number of carbonyl (C=O) groups excluding carboxylic acids is 1. The molecule has 0 saturated heterocycles. The zero-order chi connectivity index (χ0) is 11.3. The minimum Gasteiger partial charge on any atom is -0.508 e. The van der Waals surface area contributed by atoms with Gasteiger partial charge in [-0.05, 0) is 43.2 Å². The monoisotopic (exact) mass is 218 g/mol. The van der Waals surface area contributed by atoms with Gasteiger partial charge in [0.25, 0.3) is 0 Å². The van der Waals surface area contributed by atoms with Crippen molar-refractivity contribution >= 4 is 5.97 Å². The molecule has 0 radical (unpaired) electrons. The first-order chi connectivity index (χ1) is 7.66. The van der Waals surface area contributed by atoms with E-state index in [1.54, 1.807) is 12.1 Å². The molecule has 0 heterocycles. The maximum Gasteiger partial charge on any atom is 0.308 e. The van der Waals surface area contributed by atoms with Gasteiger partial charge in [-0.15, -0.1) is 0 Å². The van der Waals surface area contributed by atoms with Gasteiger partial charge in [0.1, 0.15) is 11.5 Å². The molecule has 3 rings (SSSR count). The molecular formula is C13H14O3. The molecule has 1 N–H and O–H groups in total. The highest BCUT2D eigenvalue weighted by atomic mass is 16.5. The van der Waals surface area contributed by atoms with Crippen molar-refractivity contribution in [3.05, 3.63) is 23.3 Å². The lowest BCUT2D eigenvalue weighted by atomic mass is 9.90. The van der Waals surface area contributed by atoms with Crippen LogP contribution in [0.2, 0.25) is 0 Å². The van der Waals surface area contributed by atoms with E-state index < -0.39 is 0 Å². The molecule has 0 spiro atoms. The van der Waals surface area contributed by atoms with Gasteiger partial charge >= 0.3 is 5.97 Å². The van der Waals surface area contributed by atoms with Crippen LogP contribution in [0.3, 0.4) is 0 Å². The van der Waals surface area contributed by atoms with Gasteiger partial charge in [0.2, 0.25) is 0 Å². The number of esters is 1. The number of phenols is 1. The van der Waals surface area contributed by atoms with Crippen molar-refractivity contribution in [3.8, 4) is 11.5 Å². The highest BCUT2D eigenvalue weighted by Gasteiger charge is 2.41. The van der Waals surface area contributed by atoms with Crippen LogP contribution in [0.4, 0.5) is 0 Å². The SMILES string of the molecule is CC(=O)Oc1ccc(O)c2c1[C@@H]1CC[C@H]2C1. The second-order valence-electron chi connectivity index (χ2n) is 4.71.